The number of amides is 2. The van der Waals surface area contributed by atoms with E-state index < -0.39 is 0 Å². The summed E-state index contributed by atoms with van der Waals surface area (Å²) in [7, 11) is 3.28. The molecule has 1 N–H and O–H groups in total. The molecule has 0 saturated carbocycles. The van der Waals surface area contributed by atoms with Gasteiger partial charge in [0.05, 0.1) is 159 Å². The number of nitrogens with zero attached hydrogens (tertiary/aromatic N) is 2. The zero-order valence-corrected chi connectivity index (χ0v) is 45.6. The van der Waals surface area contributed by atoms with Crippen LogP contribution in [0.3, 0.4) is 0 Å². The van der Waals surface area contributed by atoms with Crippen molar-refractivity contribution < 1.29 is 71.2 Å². The summed E-state index contributed by atoms with van der Waals surface area (Å²) in [5.41, 5.74) is 3.88. The highest BCUT2D eigenvalue weighted by molar-refractivity contribution is 7.11. The van der Waals surface area contributed by atoms with E-state index >= 15 is 0 Å². The monoisotopic (exact) mass is 1080 g/mol. The third-order valence-electron chi connectivity index (χ3n) is 11.4. The molecule has 1 aromatic carbocycles. The normalized spacial score (nSPS) is 13.5. The van der Waals surface area contributed by atoms with Crippen LogP contribution in [0.4, 0.5) is 5.69 Å². The standard InChI is InChI=1S/C54H81N3O15S2/c1-4-5-6-7-8-9-14-56-42-47-51(53(56)49-13-11-38-74-49)54(59)57(52(47)48-12-10-37-73-48)43-50(58)55-44-39-45(71-35-33-69-31-29-67-27-24-65-22-20-63-18-16-61-3)41-46(40-44)72-36-34-70-32-30-68-28-26-66-25-23-64-21-19-62-17-15-60-2/h10-13,37-41H,4-9,14-36,42-43H2,1-3H3,(H,55,58). The van der Waals surface area contributed by atoms with E-state index in [0.717, 1.165) is 46.1 Å². The third-order valence-corrected chi connectivity index (χ3v) is 13.2. The number of benzene rings is 1. The molecule has 3 aromatic rings. The molecule has 2 aliphatic heterocycles. The van der Waals surface area contributed by atoms with Crippen LogP contribution >= 0.6 is 22.7 Å². The quantitative estimate of drug-likeness (QED) is 0.0559. The number of methoxy groups -OCH3 is 2. The minimum atomic E-state index is -0.357. The van der Waals surface area contributed by atoms with Crippen LogP contribution in [0.2, 0.25) is 0 Å². The van der Waals surface area contributed by atoms with Crippen molar-refractivity contribution in [1.82, 2.24) is 9.80 Å². The van der Waals surface area contributed by atoms with Crippen LogP contribution in [-0.4, -0.2) is 201 Å². The molecular weight excluding hydrogens is 995 g/mol. The lowest BCUT2D eigenvalue weighted by molar-refractivity contribution is -0.127. The molecule has 0 bridgehead atoms. The first-order valence-corrected chi connectivity index (χ1v) is 27.8. The molecule has 4 heterocycles. The Kier molecular flexibility index (Phi) is 31.7. The average molecular weight is 1080 g/mol. The molecule has 0 unspecified atom stereocenters. The SMILES string of the molecule is CCCCCCCCN1CC2=C(c3cccs3)N(CC(=O)Nc3cc(OCCOCCOCCOCCOCCOC)cc(OCCOCCOCCOCCOCCOCCOC)c3)C(=O)C2=C1c1cccs1. The zero-order chi connectivity index (χ0) is 52.1. The molecule has 0 fully saturated rings. The van der Waals surface area contributed by atoms with Crippen LogP contribution in [0.15, 0.2) is 64.4 Å². The van der Waals surface area contributed by atoms with Gasteiger partial charge in [-0.15, -0.1) is 22.7 Å². The van der Waals surface area contributed by atoms with Crippen LogP contribution in [0.5, 0.6) is 11.5 Å². The van der Waals surface area contributed by atoms with Crippen LogP contribution < -0.4 is 14.8 Å². The lowest BCUT2D eigenvalue weighted by Crippen LogP contribution is -2.35. The van der Waals surface area contributed by atoms with Crippen molar-refractivity contribution in [2.75, 3.05) is 185 Å². The molecule has 0 aliphatic carbocycles. The number of fused-ring (bicyclic) bond motifs is 1. The smallest absolute Gasteiger partial charge is 0.261 e. The number of hydrogen-bond acceptors (Lipinski definition) is 18. The van der Waals surface area contributed by atoms with Crippen molar-refractivity contribution in [2.24, 2.45) is 0 Å². The Morgan fingerprint density at radius 3 is 1.39 bits per heavy atom. The molecule has 0 spiro atoms. The molecule has 2 aromatic heterocycles. The fourth-order valence-corrected chi connectivity index (χ4v) is 9.51. The number of nitrogens with one attached hydrogen (secondary N) is 1. The van der Waals surface area contributed by atoms with Gasteiger partial charge in [0.2, 0.25) is 5.91 Å². The van der Waals surface area contributed by atoms with E-state index in [0.29, 0.717) is 161 Å². The summed E-state index contributed by atoms with van der Waals surface area (Å²) >= 11 is 3.20. The number of anilines is 1. The highest BCUT2D eigenvalue weighted by Crippen LogP contribution is 2.47. The van der Waals surface area contributed by atoms with Crippen molar-refractivity contribution in [3.05, 3.63) is 74.1 Å². The van der Waals surface area contributed by atoms with E-state index in [-0.39, 0.29) is 31.6 Å². The molecule has 0 saturated heterocycles. The first-order chi connectivity index (χ1) is 36.5. The largest absolute Gasteiger partial charge is 0.491 e. The predicted octanol–water partition coefficient (Wildman–Crippen LogP) is 7.29. The van der Waals surface area contributed by atoms with Crippen molar-refractivity contribution in [2.45, 2.75) is 45.4 Å². The molecule has 0 radical (unpaired) electrons. The second kappa shape index (κ2) is 38.5. The summed E-state index contributed by atoms with van der Waals surface area (Å²) in [5, 5.41) is 7.09. The molecule has 5 rings (SSSR count). The van der Waals surface area contributed by atoms with Gasteiger partial charge in [-0.2, -0.15) is 0 Å². The fraction of sp³-hybridized carbons (Fsp3) is 0.630. The number of ether oxygens (including phenoxy) is 13. The first-order valence-electron chi connectivity index (χ1n) is 26.0. The van der Waals surface area contributed by atoms with Gasteiger partial charge >= 0.3 is 0 Å². The Labute approximate surface area is 446 Å². The van der Waals surface area contributed by atoms with Crippen molar-refractivity contribution in [3.8, 4) is 11.5 Å². The van der Waals surface area contributed by atoms with Crippen molar-refractivity contribution in [1.29, 1.82) is 0 Å². The van der Waals surface area contributed by atoms with E-state index in [1.54, 1.807) is 60.0 Å². The van der Waals surface area contributed by atoms with E-state index in [2.05, 4.69) is 23.2 Å². The molecule has 18 nitrogen and oxygen atoms in total. The van der Waals surface area contributed by atoms with Gasteiger partial charge in [0, 0.05) is 56.8 Å². The summed E-state index contributed by atoms with van der Waals surface area (Å²) in [4.78, 5) is 34.8. The van der Waals surface area contributed by atoms with E-state index in [4.69, 9.17) is 61.6 Å². The minimum absolute atomic E-state index is 0.164. The number of thiophene rings is 2. The second-order valence-electron chi connectivity index (χ2n) is 17.0. The molecular formula is C54H81N3O15S2. The van der Waals surface area contributed by atoms with Gasteiger partial charge < -0.3 is 71.8 Å². The molecule has 20 heteroatoms. The lowest BCUT2D eigenvalue weighted by atomic mass is 10.1. The molecule has 2 aliphatic rings. The van der Waals surface area contributed by atoms with Gasteiger partial charge in [-0.3, -0.25) is 14.5 Å². The van der Waals surface area contributed by atoms with E-state index in [1.165, 1.54) is 25.7 Å². The van der Waals surface area contributed by atoms with E-state index in [9.17, 15) is 9.59 Å². The molecule has 0 atom stereocenters. The maximum absolute atomic E-state index is 14.7. The lowest BCUT2D eigenvalue weighted by Gasteiger charge is -2.25. The van der Waals surface area contributed by atoms with Crippen LogP contribution in [-0.2, 0) is 61.7 Å². The Morgan fingerprint density at radius 2 is 0.959 bits per heavy atom. The number of rotatable bonds is 47. The Bertz CT molecular complexity index is 2020. The Balaban J connectivity index is 1.12. The maximum atomic E-state index is 14.7. The molecule has 2 amide bonds. The van der Waals surface area contributed by atoms with Crippen LogP contribution in [0.1, 0.15) is 55.2 Å². The third kappa shape index (κ3) is 23.1. The number of carbonyl (C=O) groups excluding carboxylic acids is 2. The maximum Gasteiger partial charge on any atom is 0.261 e. The zero-order valence-electron chi connectivity index (χ0n) is 44.0. The summed E-state index contributed by atoms with van der Waals surface area (Å²) < 4.78 is 72.2. The Morgan fingerprint density at radius 1 is 0.541 bits per heavy atom. The average Bonchev–Trinajstić information content (AvgIpc) is 4.24. The molecule has 414 valence electrons. The highest BCUT2D eigenvalue weighted by atomic mass is 32.1. The van der Waals surface area contributed by atoms with E-state index in [1.807, 2.05) is 29.0 Å². The second-order valence-corrected chi connectivity index (χ2v) is 18.9. The minimum Gasteiger partial charge on any atom is -0.491 e. The number of carbonyl (C=O) groups is 2. The summed E-state index contributed by atoms with van der Waals surface area (Å²) in [6.07, 6.45) is 7.14. The van der Waals surface area contributed by atoms with Crippen LogP contribution in [0, 0.1) is 0 Å². The first kappa shape index (κ1) is 60.9. The van der Waals surface area contributed by atoms with Crippen molar-refractivity contribution in [3.63, 3.8) is 0 Å². The van der Waals surface area contributed by atoms with Gasteiger partial charge in [0.1, 0.15) is 31.3 Å². The topological polar surface area (TPSA) is 173 Å². The van der Waals surface area contributed by atoms with Gasteiger partial charge in [0.25, 0.3) is 5.91 Å². The van der Waals surface area contributed by atoms with Crippen molar-refractivity contribution >= 4 is 51.6 Å². The van der Waals surface area contributed by atoms with Gasteiger partial charge in [-0.05, 0) is 29.3 Å². The molecule has 74 heavy (non-hydrogen) atoms. The van der Waals surface area contributed by atoms with Gasteiger partial charge in [0.15, 0.2) is 0 Å². The van der Waals surface area contributed by atoms with Gasteiger partial charge in [-0.1, -0.05) is 51.2 Å². The summed E-state index contributed by atoms with van der Waals surface area (Å²) in [6.45, 7) is 13.2. The van der Waals surface area contributed by atoms with Crippen LogP contribution in [0.25, 0.3) is 11.4 Å². The number of unbranched alkanes of at least 4 members (excludes halogenated alkanes) is 5. The fourth-order valence-electron chi connectivity index (χ4n) is 7.90. The van der Waals surface area contributed by atoms with Gasteiger partial charge in [-0.25, -0.2) is 0 Å². The number of hydrogen-bond donors (Lipinski definition) is 1. The summed E-state index contributed by atoms with van der Waals surface area (Å²) in [5.74, 6) is 0.423. The summed E-state index contributed by atoms with van der Waals surface area (Å²) in [6, 6.07) is 13.3. The highest BCUT2D eigenvalue weighted by Gasteiger charge is 2.44. The predicted molar refractivity (Wildman–Crippen MR) is 286 cm³/mol. The Hall–Kier alpha value is -4.00.